The first-order valence-corrected chi connectivity index (χ1v) is 5.49. The summed E-state index contributed by atoms with van der Waals surface area (Å²) in [5, 5.41) is 3.56. The van der Waals surface area contributed by atoms with Crippen LogP contribution in [0.15, 0.2) is 0 Å². The third-order valence-corrected chi connectivity index (χ3v) is 3.07. The lowest BCUT2D eigenvalue weighted by molar-refractivity contribution is -0.120. The number of rotatable bonds is 5. The molecule has 0 aromatic rings. The van der Waals surface area contributed by atoms with E-state index in [1.165, 1.54) is 19.3 Å². The molecule has 3 unspecified atom stereocenters. The largest absolute Gasteiger partial charge is 0.354 e. The van der Waals surface area contributed by atoms with Crippen molar-refractivity contribution in [3.05, 3.63) is 0 Å². The smallest absolute Gasteiger partial charge is 0.171 e. The van der Waals surface area contributed by atoms with Gasteiger partial charge in [-0.05, 0) is 32.1 Å². The van der Waals surface area contributed by atoms with Gasteiger partial charge in [0.25, 0.3) is 0 Å². The summed E-state index contributed by atoms with van der Waals surface area (Å²) in [6, 6.07) is 0.910. The maximum atomic E-state index is 5.21. The summed E-state index contributed by atoms with van der Waals surface area (Å²) >= 11 is 0. The molecule has 0 heterocycles. The lowest BCUT2D eigenvalue weighted by atomic mass is 10.1. The number of methoxy groups -OCH3 is 2. The van der Waals surface area contributed by atoms with Gasteiger partial charge in [-0.25, -0.2) is 0 Å². The Morgan fingerprint density at radius 3 is 2.29 bits per heavy atom. The zero-order valence-electron chi connectivity index (χ0n) is 9.75. The van der Waals surface area contributed by atoms with Gasteiger partial charge in [-0.3, -0.25) is 0 Å². The van der Waals surface area contributed by atoms with Crippen LogP contribution in [0.4, 0.5) is 0 Å². The quantitative estimate of drug-likeness (QED) is 0.688. The molecule has 1 aliphatic carbocycles. The van der Waals surface area contributed by atoms with Crippen molar-refractivity contribution >= 4 is 0 Å². The molecule has 0 saturated heterocycles. The zero-order valence-corrected chi connectivity index (χ0v) is 9.75. The molecule has 14 heavy (non-hydrogen) atoms. The SMILES string of the molecule is COC(OC)C(C)NC1CCC(C)C1. The summed E-state index contributed by atoms with van der Waals surface area (Å²) in [5.41, 5.74) is 0. The second kappa shape index (κ2) is 5.69. The second-order valence-corrected chi connectivity index (χ2v) is 4.41. The number of ether oxygens (including phenoxy) is 2. The topological polar surface area (TPSA) is 30.5 Å². The van der Waals surface area contributed by atoms with Gasteiger partial charge in [0.15, 0.2) is 6.29 Å². The Bertz CT molecular complexity index is 159. The van der Waals surface area contributed by atoms with Gasteiger partial charge in [0.1, 0.15) is 0 Å². The molecule has 3 nitrogen and oxygen atoms in total. The minimum absolute atomic E-state index is 0.133. The van der Waals surface area contributed by atoms with Crippen LogP contribution in [0, 0.1) is 5.92 Å². The van der Waals surface area contributed by atoms with Crippen LogP contribution in [0.2, 0.25) is 0 Å². The zero-order chi connectivity index (χ0) is 10.6. The van der Waals surface area contributed by atoms with Gasteiger partial charge in [-0.2, -0.15) is 0 Å². The lowest BCUT2D eigenvalue weighted by Gasteiger charge is -2.25. The van der Waals surface area contributed by atoms with Crippen LogP contribution in [0.3, 0.4) is 0 Å². The standard InChI is InChI=1S/C11H23NO2/c1-8-5-6-10(7-8)12-9(2)11(13-3)14-4/h8-12H,5-7H2,1-4H3. The van der Waals surface area contributed by atoms with E-state index in [1.54, 1.807) is 14.2 Å². The summed E-state index contributed by atoms with van der Waals surface area (Å²) in [6.07, 6.45) is 3.77. The van der Waals surface area contributed by atoms with Crippen LogP contribution in [0.5, 0.6) is 0 Å². The maximum Gasteiger partial charge on any atom is 0.171 e. The maximum absolute atomic E-state index is 5.21. The Kier molecular flexibility index (Phi) is 4.85. The average molecular weight is 201 g/mol. The highest BCUT2D eigenvalue weighted by molar-refractivity contribution is 4.81. The van der Waals surface area contributed by atoms with Crippen molar-refractivity contribution in [2.75, 3.05) is 14.2 Å². The molecule has 3 heteroatoms. The van der Waals surface area contributed by atoms with Gasteiger partial charge in [0.05, 0.1) is 6.04 Å². The minimum Gasteiger partial charge on any atom is -0.354 e. The first-order valence-electron chi connectivity index (χ1n) is 5.49. The summed E-state index contributed by atoms with van der Waals surface area (Å²) in [7, 11) is 3.37. The molecule has 0 spiro atoms. The summed E-state index contributed by atoms with van der Waals surface area (Å²) in [4.78, 5) is 0. The van der Waals surface area contributed by atoms with Gasteiger partial charge in [0.2, 0.25) is 0 Å². The van der Waals surface area contributed by atoms with E-state index in [0.717, 1.165) is 5.92 Å². The summed E-state index contributed by atoms with van der Waals surface area (Å²) in [6.45, 7) is 4.43. The van der Waals surface area contributed by atoms with E-state index in [1.807, 2.05) is 0 Å². The molecule has 1 N–H and O–H groups in total. The van der Waals surface area contributed by atoms with E-state index in [9.17, 15) is 0 Å². The summed E-state index contributed by atoms with van der Waals surface area (Å²) < 4.78 is 10.4. The molecular formula is C11H23NO2. The van der Waals surface area contributed by atoms with E-state index in [4.69, 9.17) is 9.47 Å². The van der Waals surface area contributed by atoms with Crippen molar-refractivity contribution in [1.82, 2.24) is 5.32 Å². The van der Waals surface area contributed by atoms with E-state index in [-0.39, 0.29) is 12.3 Å². The molecule has 84 valence electrons. The fraction of sp³-hybridized carbons (Fsp3) is 1.00. The van der Waals surface area contributed by atoms with Crippen molar-refractivity contribution in [2.45, 2.75) is 51.5 Å². The highest BCUT2D eigenvalue weighted by atomic mass is 16.7. The van der Waals surface area contributed by atoms with E-state index in [2.05, 4.69) is 19.2 Å². The average Bonchev–Trinajstić information content (AvgIpc) is 2.53. The van der Waals surface area contributed by atoms with Crippen molar-refractivity contribution in [3.8, 4) is 0 Å². The van der Waals surface area contributed by atoms with Gasteiger partial charge < -0.3 is 14.8 Å². The lowest BCUT2D eigenvalue weighted by Crippen LogP contribution is -2.44. The first kappa shape index (κ1) is 12.0. The first-order chi connectivity index (χ1) is 6.67. The van der Waals surface area contributed by atoms with E-state index >= 15 is 0 Å². The molecule has 0 amide bonds. The van der Waals surface area contributed by atoms with Crippen LogP contribution in [0.1, 0.15) is 33.1 Å². The van der Waals surface area contributed by atoms with Crippen LogP contribution in [0.25, 0.3) is 0 Å². The monoisotopic (exact) mass is 201 g/mol. The van der Waals surface area contributed by atoms with Crippen molar-refractivity contribution in [1.29, 1.82) is 0 Å². The fourth-order valence-corrected chi connectivity index (χ4v) is 2.31. The highest BCUT2D eigenvalue weighted by Gasteiger charge is 2.25. The Balaban J connectivity index is 2.28. The van der Waals surface area contributed by atoms with Crippen molar-refractivity contribution in [2.24, 2.45) is 5.92 Å². The number of hydrogen-bond donors (Lipinski definition) is 1. The Morgan fingerprint density at radius 2 is 1.86 bits per heavy atom. The van der Waals surface area contributed by atoms with Crippen molar-refractivity contribution in [3.63, 3.8) is 0 Å². The molecule has 0 radical (unpaired) electrons. The second-order valence-electron chi connectivity index (χ2n) is 4.41. The van der Waals surface area contributed by atoms with Gasteiger partial charge in [-0.1, -0.05) is 6.92 Å². The molecular weight excluding hydrogens is 178 g/mol. The summed E-state index contributed by atoms with van der Waals surface area (Å²) in [5.74, 6) is 0.864. The molecule has 1 aliphatic rings. The molecule has 0 aliphatic heterocycles. The van der Waals surface area contributed by atoms with Crippen LogP contribution in [-0.2, 0) is 9.47 Å². The van der Waals surface area contributed by atoms with E-state index in [0.29, 0.717) is 6.04 Å². The normalized spacial score (nSPS) is 29.8. The van der Waals surface area contributed by atoms with E-state index < -0.39 is 0 Å². The van der Waals surface area contributed by atoms with Gasteiger partial charge >= 0.3 is 0 Å². The van der Waals surface area contributed by atoms with Crippen LogP contribution in [-0.4, -0.2) is 32.6 Å². The fourth-order valence-electron chi connectivity index (χ4n) is 2.31. The van der Waals surface area contributed by atoms with Gasteiger partial charge in [-0.15, -0.1) is 0 Å². The minimum atomic E-state index is -0.133. The number of hydrogen-bond acceptors (Lipinski definition) is 3. The van der Waals surface area contributed by atoms with Gasteiger partial charge in [0, 0.05) is 20.3 Å². The molecule has 0 aromatic heterocycles. The molecule has 1 rings (SSSR count). The third kappa shape index (κ3) is 3.23. The van der Waals surface area contributed by atoms with Crippen LogP contribution < -0.4 is 5.32 Å². The highest BCUT2D eigenvalue weighted by Crippen LogP contribution is 2.25. The predicted octanol–water partition coefficient (Wildman–Crippen LogP) is 1.77. The molecule has 3 atom stereocenters. The molecule has 0 bridgehead atoms. The Hall–Kier alpha value is -0.120. The number of nitrogens with one attached hydrogen (secondary N) is 1. The molecule has 0 aromatic carbocycles. The Morgan fingerprint density at radius 1 is 1.21 bits per heavy atom. The predicted molar refractivity (Wildman–Crippen MR) is 57.2 cm³/mol. The third-order valence-electron chi connectivity index (χ3n) is 3.07. The van der Waals surface area contributed by atoms with Crippen LogP contribution >= 0.6 is 0 Å². The Labute approximate surface area is 87.2 Å². The van der Waals surface area contributed by atoms with Crippen molar-refractivity contribution < 1.29 is 9.47 Å². The molecule has 1 fully saturated rings. The molecule has 1 saturated carbocycles.